The first-order chi connectivity index (χ1) is 16.0. The monoisotopic (exact) mass is 440 g/mol. The zero-order valence-electron chi connectivity index (χ0n) is 18.4. The molecule has 0 spiro atoms. The summed E-state index contributed by atoms with van der Waals surface area (Å²) in [6, 6.07) is 17.4. The Bertz CT molecular complexity index is 1230. The van der Waals surface area contributed by atoms with E-state index in [4.69, 9.17) is 0 Å². The third kappa shape index (κ3) is 5.30. The number of aromatic nitrogens is 4. The van der Waals surface area contributed by atoms with E-state index < -0.39 is 0 Å². The van der Waals surface area contributed by atoms with Gasteiger partial charge >= 0.3 is 0 Å². The van der Waals surface area contributed by atoms with Gasteiger partial charge in [-0.3, -0.25) is 19.7 Å². The Labute approximate surface area is 191 Å². The van der Waals surface area contributed by atoms with Crippen molar-refractivity contribution < 1.29 is 9.59 Å². The van der Waals surface area contributed by atoms with E-state index in [-0.39, 0.29) is 17.5 Å². The van der Waals surface area contributed by atoms with Crippen LogP contribution in [0.5, 0.6) is 0 Å². The Morgan fingerprint density at radius 1 is 0.939 bits per heavy atom. The minimum atomic E-state index is -0.283. The Morgan fingerprint density at radius 2 is 1.70 bits per heavy atom. The number of nitrogens with zero attached hydrogens (tertiary/aromatic N) is 4. The van der Waals surface area contributed by atoms with Crippen molar-refractivity contribution in [2.75, 3.05) is 7.05 Å². The molecule has 33 heavy (non-hydrogen) atoms. The van der Waals surface area contributed by atoms with E-state index in [1.807, 2.05) is 61.5 Å². The second kappa shape index (κ2) is 9.86. The van der Waals surface area contributed by atoms with Gasteiger partial charge in [0.05, 0.1) is 29.3 Å². The number of amides is 2. The van der Waals surface area contributed by atoms with Crippen LogP contribution >= 0.6 is 0 Å². The third-order valence-electron chi connectivity index (χ3n) is 5.19. The van der Waals surface area contributed by atoms with E-state index in [0.717, 1.165) is 22.4 Å². The van der Waals surface area contributed by atoms with Gasteiger partial charge in [0.2, 0.25) is 0 Å². The number of aryl methyl sites for hydroxylation is 1. The molecule has 2 aromatic heterocycles. The maximum Gasteiger partial charge on any atom is 0.271 e. The minimum absolute atomic E-state index is 0.113. The number of carbonyl (C=O) groups is 2. The lowest BCUT2D eigenvalue weighted by molar-refractivity contribution is 0.0785. The molecular weight excluding hydrogens is 416 g/mol. The van der Waals surface area contributed by atoms with Gasteiger partial charge in [-0.1, -0.05) is 54.6 Å². The highest BCUT2D eigenvalue weighted by molar-refractivity contribution is 5.99. The molecule has 0 radical (unpaired) electrons. The summed E-state index contributed by atoms with van der Waals surface area (Å²) in [6.07, 6.45) is 4.57. The average molecular weight is 441 g/mol. The number of hydrogen-bond donors (Lipinski definition) is 2. The smallest absolute Gasteiger partial charge is 0.271 e. The lowest BCUT2D eigenvalue weighted by Gasteiger charge is -2.17. The SMILES string of the molecule is Cc1cnc(C(=O)NCc2ccc(-c3[nH]ncc3C(=O)N(C)Cc3ccccc3)cc2)cn1. The molecule has 0 atom stereocenters. The van der Waals surface area contributed by atoms with Gasteiger partial charge in [0.25, 0.3) is 11.8 Å². The Balaban J connectivity index is 1.41. The van der Waals surface area contributed by atoms with Gasteiger partial charge in [-0.25, -0.2) is 4.98 Å². The van der Waals surface area contributed by atoms with Gasteiger partial charge in [0, 0.05) is 31.9 Å². The molecule has 0 aliphatic rings. The summed E-state index contributed by atoms with van der Waals surface area (Å²) < 4.78 is 0. The molecular formula is C25H24N6O2. The second-order valence-corrected chi connectivity index (χ2v) is 7.73. The topological polar surface area (TPSA) is 104 Å². The van der Waals surface area contributed by atoms with Crippen LogP contribution < -0.4 is 5.32 Å². The number of nitrogens with one attached hydrogen (secondary N) is 2. The number of carbonyl (C=O) groups excluding carboxylic acids is 2. The van der Waals surface area contributed by atoms with Gasteiger partial charge in [-0.2, -0.15) is 5.10 Å². The van der Waals surface area contributed by atoms with Crippen molar-refractivity contribution in [1.82, 2.24) is 30.4 Å². The first-order valence-corrected chi connectivity index (χ1v) is 10.5. The molecule has 0 bridgehead atoms. The number of aromatic amines is 1. The van der Waals surface area contributed by atoms with E-state index in [1.54, 1.807) is 24.3 Å². The summed E-state index contributed by atoms with van der Waals surface area (Å²) >= 11 is 0. The fourth-order valence-electron chi connectivity index (χ4n) is 3.38. The molecule has 0 aliphatic heterocycles. The van der Waals surface area contributed by atoms with Gasteiger partial charge < -0.3 is 10.2 Å². The van der Waals surface area contributed by atoms with E-state index >= 15 is 0 Å². The van der Waals surface area contributed by atoms with E-state index in [2.05, 4.69) is 25.5 Å². The van der Waals surface area contributed by atoms with Crippen molar-refractivity contribution in [2.24, 2.45) is 0 Å². The highest BCUT2D eigenvalue weighted by Gasteiger charge is 2.19. The van der Waals surface area contributed by atoms with Crippen molar-refractivity contribution in [1.29, 1.82) is 0 Å². The molecule has 8 heteroatoms. The molecule has 2 heterocycles. The van der Waals surface area contributed by atoms with E-state index in [9.17, 15) is 9.59 Å². The van der Waals surface area contributed by atoms with Crippen LogP contribution in [0.25, 0.3) is 11.3 Å². The Hall–Kier alpha value is -4.33. The van der Waals surface area contributed by atoms with Crippen LogP contribution in [0.2, 0.25) is 0 Å². The number of hydrogen-bond acceptors (Lipinski definition) is 5. The van der Waals surface area contributed by atoms with E-state index in [1.165, 1.54) is 6.20 Å². The van der Waals surface area contributed by atoms with Crippen LogP contribution in [0.3, 0.4) is 0 Å². The fraction of sp³-hybridized carbons (Fsp3) is 0.160. The quantitative estimate of drug-likeness (QED) is 0.459. The maximum absolute atomic E-state index is 13.0. The van der Waals surface area contributed by atoms with E-state index in [0.29, 0.717) is 24.3 Å². The van der Waals surface area contributed by atoms with Crippen molar-refractivity contribution in [3.63, 3.8) is 0 Å². The summed E-state index contributed by atoms with van der Waals surface area (Å²) in [6.45, 7) is 2.67. The van der Waals surface area contributed by atoms with Gasteiger partial charge in [-0.05, 0) is 18.1 Å². The fourth-order valence-corrected chi connectivity index (χ4v) is 3.38. The first-order valence-electron chi connectivity index (χ1n) is 10.5. The molecule has 0 unspecified atom stereocenters. The van der Waals surface area contributed by atoms with Gasteiger partial charge in [-0.15, -0.1) is 0 Å². The molecule has 4 rings (SSSR count). The van der Waals surface area contributed by atoms with Gasteiger partial charge in [0.1, 0.15) is 5.69 Å². The molecule has 8 nitrogen and oxygen atoms in total. The maximum atomic E-state index is 13.0. The third-order valence-corrected chi connectivity index (χ3v) is 5.19. The first kappa shape index (κ1) is 21.9. The lowest BCUT2D eigenvalue weighted by atomic mass is 10.0. The van der Waals surface area contributed by atoms with Crippen LogP contribution in [-0.4, -0.2) is 43.9 Å². The van der Waals surface area contributed by atoms with Crippen LogP contribution in [-0.2, 0) is 13.1 Å². The van der Waals surface area contributed by atoms with Crippen molar-refractivity contribution in [3.8, 4) is 11.3 Å². The molecule has 0 saturated heterocycles. The van der Waals surface area contributed by atoms with Crippen molar-refractivity contribution in [2.45, 2.75) is 20.0 Å². The minimum Gasteiger partial charge on any atom is -0.347 e. The summed E-state index contributed by atoms with van der Waals surface area (Å²) in [7, 11) is 1.77. The molecule has 0 saturated carbocycles. The Kier molecular flexibility index (Phi) is 6.54. The molecule has 2 N–H and O–H groups in total. The summed E-state index contributed by atoms with van der Waals surface area (Å²) in [5, 5.41) is 9.86. The summed E-state index contributed by atoms with van der Waals surface area (Å²) in [5.41, 5.74) is 5.01. The molecule has 4 aromatic rings. The molecule has 166 valence electrons. The lowest BCUT2D eigenvalue weighted by Crippen LogP contribution is -2.26. The van der Waals surface area contributed by atoms with Crippen molar-refractivity contribution in [3.05, 3.63) is 101 Å². The van der Waals surface area contributed by atoms with Crippen LogP contribution in [0.4, 0.5) is 0 Å². The van der Waals surface area contributed by atoms with Gasteiger partial charge in [0.15, 0.2) is 0 Å². The standard InChI is InChI=1S/C25H24N6O2/c1-17-12-27-22(15-26-17)24(32)28-13-18-8-10-20(11-9-18)23-21(14-29-30-23)25(33)31(2)16-19-6-4-3-5-7-19/h3-12,14-15H,13,16H2,1-2H3,(H,28,32)(H,29,30). The highest BCUT2D eigenvalue weighted by Crippen LogP contribution is 2.23. The number of H-pyrrole nitrogens is 1. The normalized spacial score (nSPS) is 10.6. The predicted molar refractivity (Wildman–Crippen MR) is 124 cm³/mol. The van der Waals surface area contributed by atoms with Crippen LogP contribution in [0.15, 0.2) is 73.2 Å². The van der Waals surface area contributed by atoms with Crippen molar-refractivity contribution >= 4 is 11.8 Å². The van der Waals surface area contributed by atoms with Crippen LogP contribution in [0.1, 0.15) is 37.7 Å². The molecule has 0 aliphatic carbocycles. The zero-order valence-corrected chi connectivity index (χ0v) is 18.4. The highest BCUT2D eigenvalue weighted by atomic mass is 16.2. The average Bonchev–Trinajstić information content (AvgIpc) is 3.33. The number of rotatable bonds is 7. The molecule has 2 aromatic carbocycles. The second-order valence-electron chi connectivity index (χ2n) is 7.73. The zero-order chi connectivity index (χ0) is 23.2. The predicted octanol–water partition coefficient (Wildman–Crippen LogP) is 3.38. The Morgan fingerprint density at radius 3 is 2.39 bits per heavy atom. The number of benzene rings is 2. The van der Waals surface area contributed by atoms with Crippen LogP contribution in [0, 0.1) is 6.92 Å². The molecule has 2 amide bonds. The summed E-state index contributed by atoms with van der Waals surface area (Å²) in [4.78, 5) is 35.1. The molecule has 0 fully saturated rings. The largest absolute Gasteiger partial charge is 0.347 e. The summed E-state index contributed by atoms with van der Waals surface area (Å²) in [5.74, 6) is -0.396.